The number of esters is 1. The summed E-state index contributed by atoms with van der Waals surface area (Å²) in [5.74, 6) is 1.06. The number of aromatic nitrogens is 1. The Bertz CT molecular complexity index is 1090. The molecule has 5 heteroatoms. The number of pyridine rings is 1. The standard InChI is InChI=1S/C24H23NO4/c1-14-11-18(23(26)28-5)21(15-7-6-8-16(12-15)27-4)22-20(14)17-9-10-25-13-19(17)29-24(22,2)3/h6-10,12-13H,1,11H2,2-5H3. The van der Waals surface area contributed by atoms with Gasteiger partial charge < -0.3 is 14.2 Å². The van der Waals surface area contributed by atoms with E-state index in [1.165, 1.54) is 7.11 Å². The highest BCUT2D eigenvalue weighted by molar-refractivity contribution is 6.10. The second-order valence-electron chi connectivity index (χ2n) is 7.59. The Morgan fingerprint density at radius 1 is 1.21 bits per heavy atom. The molecule has 0 fully saturated rings. The van der Waals surface area contributed by atoms with Crippen LogP contribution in [0.5, 0.6) is 11.5 Å². The van der Waals surface area contributed by atoms with E-state index in [0.717, 1.165) is 33.4 Å². The fourth-order valence-corrected chi connectivity index (χ4v) is 4.16. The summed E-state index contributed by atoms with van der Waals surface area (Å²) in [6, 6.07) is 9.61. The Balaban J connectivity index is 2.09. The second-order valence-corrected chi connectivity index (χ2v) is 7.59. The zero-order valence-corrected chi connectivity index (χ0v) is 17.0. The number of hydrogen-bond donors (Lipinski definition) is 0. The summed E-state index contributed by atoms with van der Waals surface area (Å²) in [5.41, 5.74) is 5.26. The van der Waals surface area contributed by atoms with Crippen LogP contribution in [0, 0.1) is 0 Å². The van der Waals surface area contributed by atoms with Crippen LogP contribution in [-0.2, 0) is 9.53 Å². The molecule has 0 bridgehead atoms. The van der Waals surface area contributed by atoms with E-state index in [9.17, 15) is 4.79 Å². The van der Waals surface area contributed by atoms with Gasteiger partial charge in [-0.25, -0.2) is 4.79 Å². The van der Waals surface area contributed by atoms with Crippen LogP contribution in [0.25, 0.3) is 11.1 Å². The number of fused-ring (bicyclic) bond motifs is 2. The van der Waals surface area contributed by atoms with Crippen molar-refractivity contribution in [1.82, 2.24) is 4.98 Å². The average molecular weight is 389 g/mol. The van der Waals surface area contributed by atoms with Crippen LogP contribution in [0.2, 0.25) is 0 Å². The van der Waals surface area contributed by atoms with Crippen LogP contribution in [0.1, 0.15) is 31.4 Å². The molecule has 0 radical (unpaired) electrons. The van der Waals surface area contributed by atoms with Gasteiger partial charge in [0.25, 0.3) is 0 Å². The molecule has 1 aromatic carbocycles. The quantitative estimate of drug-likeness (QED) is 0.718. The van der Waals surface area contributed by atoms with Gasteiger partial charge in [-0.2, -0.15) is 0 Å². The number of carbonyl (C=O) groups is 1. The van der Waals surface area contributed by atoms with Gasteiger partial charge in [-0.1, -0.05) is 18.7 Å². The Labute approximate surface area is 170 Å². The van der Waals surface area contributed by atoms with Crippen LogP contribution < -0.4 is 9.47 Å². The van der Waals surface area contributed by atoms with Crippen molar-refractivity contribution < 1.29 is 19.0 Å². The summed E-state index contributed by atoms with van der Waals surface area (Å²) in [5, 5.41) is 0. The molecule has 0 atom stereocenters. The van der Waals surface area contributed by atoms with Crippen LogP contribution in [0.4, 0.5) is 0 Å². The lowest BCUT2D eigenvalue weighted by Gasteiger charge is -2.41. The van der Waals surface area contributed by atoms with Crippen LogP contribution >= 0.6 is 0 Å². The number of allylic oxidation sites excluding steroid dienone is 2. The molecule has 0 saturated carbocycles. The van der Waals surface area contributed by atoms with Crippen molar-refractivity contribution in [2.75, 3.05) is 14.2 Å². The maximum Gasteiger partial charge on any atom is 0.334 e. The zero-order valence-electron chi connectivity index (χ0n) is 17.0. The lowest BCUT2D eigenvalue weighted by atomic mass is 9.71. The fourth-order valence-electron chi connectivity index (χ4n) is 4.16. The number of carbonyl (C=O) groups excluding carboxylic acids is 1. The van der Waals surface area contributed by atoms with Gasteiger partial charge in [0.2, 0.25) is 0 Å². The van der Waals surface area contributed by atoms with Gasteiger partial charge >= 0.3 is 5.97 Å². The Hall–Kier alpha value is -3.34. The number of rotatable bonds is 3. The van der Waals surface area contributed by atoms with Gasteiger partial charge in [0, 0.05) is 34.9 Å². The molecule has 2 heterocycles. The van der Waals surface area contributed by atoms with Crippen LogP contribution in [-0.4, -0.2) is 30.8 Å². The molecule has 0 spiro atoms. The van der Waals surface area contributed by atoms with Gasteiger partial charge in [-0.05, 0) is 48.8 Å². The van der Waals surface area contributed by atoms with E-state index in [2.05, 4.69) is 11.6 Å². The molecule has 4 rings (SSSR count). The van der Waals surface area contributed by atoms with Crippen molar-refractivity contribution in [3.05, 3.63) is 77.2 Å². The predicted octanol–water partition coefficient (Wildman–Crippen LogP) is 4.60. The first kappa shape index (κ1) is 19.0. The smallest absolute Gasteiger partial charge is 0.334 e. The largest absolute Gasteiger partial charge is 0.497 e. The van der Waals surface area contributed by atoms with E-state index in [1.54, 1.807) is 19.5 Å². The molecule has 5 nitrogen and oxygen atoms in total. The van der Waals surface area contributed by atoms with Gasteiger partial charge in [-0.3, -0.25) is 4.98 Å². The molecule has 29 heavy (non-hydrogen) atoms. The number of ether oxygens (including phenoxy) is 3. The SMILES string of the molecule is C=C1CC(C(=O)OC)=C(c2cccc(OC)c2)C2=C1c1ccncc1OC2(C)C. The third-order valence-electron chi connectivity index (χ3n) is 5.36. The molecule has 148 valence electrons. The molecular weight excluding hydrogens is 366 g/mol. The summed E-state index contributed by atoms with van der Waals surface area (Å²) >= 11 is 0. The Kier molecular flexibility index (Phi) is 4.53. The molecule has 0 N–H and O–H groups in total. The van der Waals surface area contributed by atoms with Crippen molar-refractivity contribution in [1.29, 1.82) is 0 Å². The summed E-state index contributed by atoms with van der Waals surface area (Å²) in [7, 11) is 3.02. The normalized spacial score (nSPS) is 17.3. The highest BCUT2D eigenvalue weighted by Crippen LogP contribution is 2.53. The molecule has 1 aliphatic heterocycles. The summed E-state index contributed by atoms with van der Waals surface area (Å²) in [4.78, 5) is 17.0. The first-order valence-electron chi connectivity index (χ1n) is 9.40. The van der Waals surface area contributed by atoms with Gasteiger partial charge in [0.1, 0.15) is 17.1 Å². The first-order valence-corrected chi connectivity index (χ1v) is 9.40. The van der Waals surface area contributed by atoms with E-state index in [1.807, 2.05) is 44.2 Å². The average Bonchev–Trinajstić information content (AvgIpc) is 2.72. The Morgan fingerprint density at radius 3 is 2.72 bits per heavy atom. The predicted molar refractivity (Wildman–Crippen MR) is 112 cm³/mol. The maximum atomic E-state index is 12.8. The minimum atomic E-state index is -0.702. The lowest BCUT2D eigenvalue weighted by molar-refractivity contribution is -0.136. The second kappa shape index (κ2) is 6.92. The minimum absolute atomic E-state index is 0.369. The molecule has 2 aromatic rings. The lowest BCUT2D eigenvalue weighted by Crippen LogP contribution is -2.37. The summed E-state index contributed by atoms with van der Waals surface area (Å²) < 4.78 is 16.9. The highest BCUT2D eigenvalue weighted by atomic mass is 16.5. The molecule has 0 amide bonds. The van der Waals surface area contributed by atoms with Crippen molar-refractivity contribution >= 4 is 17.1 Å². The number of methoxy groups -OCH3 is 2. The van der Waals surface area contributed by atoms with Crippen LogP contribution in [0.3, 0.4) is 0 Å². The summed E-state index contributed by atoms with van der Waals surface area (Å²) in [6.07, 6.45) is 3.86. The topological polar surface area (TPSA) is 57.7 Å². The summed E-state index contributed by atoms with van der Waals surface area (Å²) in [6.45, 7) is 8.28. The number of nitrogens with zero attached hydrogens (tertiary/aromatic N) is 1. The van der Waals surface area contributed by atoms with E-state index >= 15 is 0 Å². The minimum Gasteiger partial charge on any atom is -0.497 e. The van der Waals surface area contributed by atoms with Crippen molar-refractivity contribution in [2.45, 2.75) is 25.9 Å². The number of hydrogen-bond acceptors (Lipinski definition) is 5. The van der Waals surface area contributed by atoms with Gasteiger partial charge in [0.15, 0.2) is 0 Å². The molecule has 1 aromatic heterocycles. The van der Waals surface area contributed by atoms with Crippen molar-refractivity contribution in [3.8, 4) is 11.5 Å². The van der Waals surface area contributed by atoms with Crippen molar-refractivity contribution in [2.24, 2.45) is 0 Å². The fraction of sp³-hybridized carbons (Fsp3) is 0.250. The monoisotopic (exact) mass is 389 g/mol. The van der Waals surface area contributed by atoms with E-state index in [4.69, 9.17) is 14.2 Å². The van der Waals surface area contributed by atoms with Crippen molar-refractivity contribution in [3.63, 3.8) is 0 Å². The third kappa shape index (κ3) is 3.03. The highest BCUT2D eigenvalue weighted by Gasteiger charge is 2.42. The molecular formula is C24H23NO4. The third-order valence-corrected chi connectivity index (χ3v) is 5.36. The molecule has 0 unspecified atom stereocenters. The van der Waals surface area contributed by atoms with E-state index in [-0.39, 0.29) is 5.97 Å². The van der Waals surface area contributed by atoms with Crippen LogP contribution in [0.15, 0.2) is 66.0 Å². The molecule has 0 saturated heterocycles. The Morgan fingerprint density at radius 2 is 2.00 bits per heavy atom. The maximum absolute atomic E-state index is 12.8. The number of benzene rings is 1. The van der Waals surface area contributed by atoms with E-state index in [0.29, 0.717) is 23.5 Å². The molecule has 1 aliphatic carbocycles. The van der Waals surface area contributed by atoms with Gasteiger partial charge in [-0.15, -0.1) is 0 Å². The van der Waals surface area contributed by atoms with Gasteiger partial charge in [0.05, 0.1) is 20.4 Å². The molecule has 2 aliphatic rings. The van der Waals surface area contributed by atoms with E-state index < -0.39 is 5.60 Å². The zero-order chi connectivity index (χ0) is 20.8. The first-order chi connectivity index (χ1) is 13.9.